The fourth-order valence-electron chi connectivity index (χ4n) is 2.70. The molecule has 0 unspecified atom stereocenters. The number of pyridine rings is 1. The molecule has 26 heavy (non-hydrogen) atoms. The Labute approximate surface area is 151 Å². The van der Waals surface area contributed by atoms with Crippen LogP contribution in [0, 0.1) is 5.82 Å². The molecule has 0 saturated heterocycles. The van der Waals surface area contributed by atoms with Gasteiger partial charge in [-0.25, -0.2) is 4.39 Å². The summed E-state index contributed by atoms with van der Waals surface area (Å²) in [6.07, 6.45) is 4.18. The largest absolute Gasteiger partial charge is 0.334 e. The second-order valence-electron chi connectivity index (χ2n) is 6.01. The van der Waals surface area contributed by atoms with E-state index in [1.54, 1.807) is 48.6 Å². The lowest BCUT2D eigenvalue weighted by Gasteiger charge is -2.17. The molecule has 134 valence electrons. The number of carbonyl (C=O) groups excluding carboxylic acids is 1. The Morgan fingerprint density at radius 2 is 2.00 bits per heavy atom. The normalized spacial score (nSPS) is 10.7. The van der Waals surface area contributed by atoms with Crippen molar-refractivity contribution in [3.8, 4) is 11.3 Å². The van der Waals surface area contributed by atoms with Crippen molar-refractivity contribution in [3.63, 3.8) is 0 Å². The molecule has 7 heteroatoms. The van der Waals surface area contributed by atoms with Gasteiger partial charge in [-0.05, 0) is 30.7 Å². The summed E-state index contributed by atoms with van der Waals surface area (Å²) in [5.41, 5.74) is 1.42. The van der Waals surface area contributed by atoms with E-state index in [0.29, 0.717) is 17.7 Å². The standard InChI is InChI=1S/C19H20FN5O/c1-3-11-25-13-22-23-17(25)12-24(2)19(26)15-8-6-14(7-9-15)18-16(20)5-4-10-21-18/h4-10,13H,3,11-12H2,1-2H3. The van der Waals surface area contributed by atoms with Crippen molar-refractivity contribution in [2.75, 3.05) is 7.05 Å². The maximum atomic E-state index is 13.8. The maximum absolute atomic E-state index is 13.8. The van der Waals surface area contributed by atoms with Crippen molar-refractivity contribution in [2.24, 2.45) is 0 Å². The Hall–Kier alpha value is -3.09. The second-order valence-corrected chi connectivity index (χ2v) is 6.01. The summed E-state index contributed by atoms with van der Waals surface area (Å²) in [6, 6.07) is 9.67. The van der Waals surface area contributed by atoms with Gasteiger partial charge in [0.25, 0.3) is 5.91 Å². The van der Waals surface area contributed by atoms with Crippen molar-refractivity contribution in [1.82, 2.24) is 24.6 Å². The number of rotatable bonds is 6. The van der Waals surface area contributed by atoms with Gasteiger partial charge in [0, 0.05) is 30.9 Å². The van der Waals surface area contributed by atoms with Crippen LogP contribution in [0.1, 0.15) is 29.5 Å². The number of halogens is 1. The first-order valence-corrected chi connectivity index (χ1v) is 8.43. The van der Waals surface area contributed by atoms with Crippen molar-refractivity contribution in [3.05, 3.63) is 66.1 Å². The highest BCUT2D eigenvalue weighted by Gasteiger charge is 2.15. The zero-order valence-electron chi connectivity index (χ0n) is 14.8. The van der Waals surface area contributed by atoms with E-state index in [4.69, 9.17) is 0 Å². The van der Waals surface area contributed by atoms with Crippen LogP contribution in [0.5, 0.6) is 0 Å². The van der Waals surface area contributed by atoms with Crippen LogP contribution >= 0.6 is 0 Å². The first-order chi connectivity index (χ1) is 12.6. The van der Waals surface area contributed by atoms with Crippen LogP contribution in [0.2, 0.25) is 0 Å². The Morgan fingerprint density at radius 3 is 2.69 bits per heavy atom. The molecular weight excluding hydrogens is 333 g/mol. The monoisotopic (exact) mass is 353 g/mol. The van der Waals surface area contributed by atoms with E-state index in [2.05, 4.69) is 22.1 Å². The minimum atomic E-state index is -0.390. The molecule has 0 atom stereocenters. The number of aromatic nitrogens is 4. The van der Waals surface area contributed by atoms with Crippen LogP contribution < -0.4 is 0 Å². The molecule has 0 spiro atoms. The van der Waals surface area contributed by atoms with E-state index in [0.717, 1.165) is 18.8 Å². The SMILES string of the molecule is CCCn1cnnc1CN(C)C(=O)c1ccc(-c2ncccc2F)cc1. The highest BCUT2D eigenvalue weighted by atomic mass is 19.1. The highest BCUT2D eigenvalue weighted by molar-refractivity contribution is 5.94. The number of aryl methyl sites for hydroxylation is 1. The molecule has 1 amide bonds. The number of amides is 1. The number of nitrogens with zero attached hydrogens (tertiary/aromatic N) is 5. The topological polar surface area (TPSA) is 63.9 Å². The predicted octanol–water partition coefficient (Wildman–Crippen LogP) is 3.16. The van der Waals surface area contributed by atoms with E-state index in [9.17, 15) is 9.18 Å². The summed E-state index contributed by atoms with van der Waals surface area (Å²) < 4.78 is 15.8. The summed E-state index contributed by atoms with van der Waals surface area (Å²) in [7, 11) is 1.72. The lowest BCUT2D eigenvalue weighted by Crippen LogP contribution is -2.27. The second kappa shape index (κ2) is 7.86. The fourth-order valence-corrected chi connectivity index (χ4v) is 2.70. The van der Waals surface area contributed by atoms with E-state index >= 15 is 0 Å². The molecule has 0 aliphatic heterocycles. The molecule has 0 aliphatic carbocycles. The third-order valence-electron chi connectivity index (χ3n) is 4.05. The highest BCUT2D eigenvalue weighted by Crippen LogP contribution is 2.21. The maximum Gasteiger partial charge on any atom is 0.254 e. The molecule has 3 aromatic rings. The Bertz CT molecular complexity index is 891. The Morgan fingerprint density at radius 1 is 1.23 bits per heavy atom. The molecule has 2 heterocycles. The molecule has 0 N–H and O–H groups in total. The molecule has 3 rings (SSSR count). The smallest absolute Gasteiger partial charge is 0.254 e. The van der Waals surface area contributed by atoms with E-state index < -0.39 is 0 Å². The van der Waals surface area contributed by atoms with Crippen molar-refractivity contribution < 1.29 is 9.18 Å². The average molecular weight is 353 g/mol. The van der Waals surface area contributed by atoms with Crippen LogP contribution in [-0.2, 0) is 13.1 Å². The van der Waals surface area contributed by atoms with Crippen LogP contribution in [0.15, 0.2) is 48.9 Å². The quantitative estimate of drug-likeness (QED) is 0.683. The molecule has 0 radical (unpaired) electrons. The predicted molar refractivity (Wildman–Crippen MR) is 95.7 cm³/mol. The molecule has 2 aromatic heterocycles. The minimum Gasteiger partial charge on any atom is -0.334 e. The molecule has 0 aliphatic rings. The van der Waals surface area contributed by atoms with Crippen molar-refractivity contribution >= 4 is 5.91 Å². The summed E-state index contributed by atoms with van der Waals surface area (Å²) >= 11 is 0. The van der Waals surface area contributed by atoms with Gasteiger partial charge in [-0.15, -0.1) is 10.2 Å². The van der Waals surface area contributed by atoms with Gasteiger partial charge >= 0.3 is 0 Å². The molecule has 0 saturated carbocycles. The van der Waals surface area contributed by atoms with Crippen LogP contribution in [0.25, 0.3) is 11.3 Å². The first-order valence-electron chi connectivity index (χ1n) is 8.43. The lowest BCUT2D eigenvalue weighted by molar-refractivity contribution is 0.0780. The van der Waals surface area contributed by atoms with E-state index in [-0.39, 0.29) is 17.4 Å². The molecule has 6 nitrogen and oxygen atoms in total. The summed E-state index contributed by atoms with van der Waals surface area (Å²) in [6.45, 7) is 3.26. The van der Waals surface area contributed by atoms with Crippen molar-refractivity contribution in [1.29, 1.82) is 0 Å². The zero-order valence-corrected chi connectivity index (χ0v) is 14.8. The lowest BCUT2D eigenvalue weighted by atomic mass is 10.1. The van der Waals surface area contributed by atoms with Crippen LogP contribution in [0.4, 0.5) is 4.39 Å². The van der Waals surface area contributed by atoms with Gasteiger partial charge in [0.1, 0.15) is 17.8 Å². The third kappa shape index (κ3) is 3.77. The number of carbonyl (C=O) groups is 1. The van der Waals surface area contributed by atoms with E-state index in [1.165, 1.54) is 12.3 Å². The van der Waals surface area contributed by atoms with Crippen LogP contribution in [-0.4, -0.2) is 37.6 Å². The number of benzene rings is 1. The fraction of sp³-hybridized carbons (Fsp3) is 0.263. The summed E-state index contributed by atoms with van der Waals surface area (Å²) in [5, 5.41) is 8.00. The van der Waals surface area contributed by atoms with Gasteiger partial charge in [-0.3, -0.25) is 9.78 Å². The van der Waals surface area contributed by atoms with Gasteiger partial charge in [0.05, 0.1) is 6.54 Å². The Kier molecular flexibility index (Phi) is 5.36. The number of hydrogen-bond acceptors (Lipinski definition) is 4. The third-order valence-corrected chi connectivity index (χ3v) is 4.05. The average Bonchev–Trinajstić information content (AvgIpc) is 3.09. The number of hydrogen-bond donors (Lipinski definition) is 0. The minimum absolute atomic E-state index is 0.135. The molecular formula is C19H20FN5O. The van der Waals surface area contributed by atoms with Gasteiger partial charge in [0.15, 0.2) is 5.82 Å². The summed E-state index contributed by atoms with van der Waals surface area (Å²) in [4.78, 5) is 18.3. The van der Waals surface area contributed by atoms with Gasteiger partial charge in [-0.2, -0.15) is 0 Å². The summed E-state index contributed by atoms with van der Waals surface area (Å²) in [5.74, 6) is 0.220. The Balaban J connectivity index is 1.73. The van der Waals surface area contributed by atoms with E-state index in [1.807, 2.05) is 4.57 Å². The zero-order chi connectivity index (χ0) is 18.5. The molecule has 1 aromatic carbocycles. The molecule has 0 bridgehead atoms. The van der Waals surface area contributed by atoms with Gasteiger partial charge < -0.3 is 9.47 Å². The van der Waals surface area contributed by atoms with Gasteiger partial charge in [0.2, 0.25) is 0 Å². The van der Waals surface area contributed by atoms with Gasteiger partial charge in [-0.1, -0.05) is 19.1 Å². The van der Waals surface area contributed by atoms with Crippen molar-refractivity contribution in [2.45, 2.75) is 26.4 Å². The first kappa shape index (κ1) is 17.7. The van der Waals surface area contributed by atoms with Crippen LogP contribution in [0.3, 0.4) is 0 Å². The molecule has 0 fully saturated rings.